The van der Waals surface area contributed by atoms with Gasteiger partial charge >= 0.3 is 17.9 Å². The van der Waals surface area contributed by atoms with Crippen molar-refractivity contribution >= 4 is 17.9 Å². The molecule has 0 aliphatic rings. The smallest absolute Gasteiger partial charge is 0.306 e. The molecule has 0 heterocycles. The predicted octanol–water partition coefficient (Wildman–Crippen LogP) is 22.8. The summed E-state index contributed by atoms with van der Waals surface area (Å²) in [6.07, 6.45) is 78.6. The Balaban J connectivity index is 4.33. The van der Waals surface area contributed by atoms with Gasteiger partial charge in [-0.3, -0.25) is 14.4 Å². The fraction of sp³-hybridized carbons (Fsp3) is 0.870. The summed E-state index contributed by atoms with van der Waals surface area (Å²) in [5, 5.41) is 0. The molecule has 6 heteroatoms. The van der Waals surface area contributed by atoms with Crippen molar-refractivity contribution in [2.45, 2.75) is 374 Å². The SMILES string of the molecule is CCCCCCC/C=C\C/C=C\CCCCCCCCCCCC(=O)OCC(COC(=O)CCCCCCCCCCCCCCCCCCCC)OC(=O)CCCCCCCCC/C=C\CCCCCCCCC. The maximum atomic E-state index is 12.9. The molecule has 0 spiro atoms. The molecule has 0 fully saturated rings. The molecule has 0 aromatic rings. The van der Waals surface area contributed by atoms with Crippen LogP contribution in [-0.4, -0.2) is 37.2 Å². The van der Waals surface area contributed by atoms with Crippen molar-refractivity contribution < 1.29 is 28.6 Å². The zero-order valence-corrected chi connectivity index (χ0v) is 50.6. The molecular formula is C69H128O6. The second-order valence-electron chi connectivity index (χ2n) is 22.7. The van der Waals surface area contributed by atoms with E-state index in [1.807, 2.05) is 0 Å². The second-order valence-corrected chi connectivity index (χ2v) is 22.7. The lowest BCUT2D eigenvalue weighted by Gasteiger charge is -2.18. The van der Waals surface area contributed by atoms with Crippen LogP contribution in [0.2, 0.25) is 0 Å². The summed E-state index contributed by atoms with van der Waals surface area (Å²) in [5.74, 6) is -0.853. The number of rotatable bonds is 62. The van der Waals surface area contributed by atoms with Crippen LogP contribution in [0.25, 0.3) is 0 Å². The Labute approximate surface area is 467 Å². The minimum absolute atomic E-state index is 0.0706. The number of esters is 3. The number of hydrogen-bond acceptors (Lipinski definition) is 6. The summed E-state index contributed by atoms with van der Waals surface area (Å²) in [4.78, 5) is 38.4. The van der Waals surface area contributed by atoms with E-state index in [2.05, 4.69) is 57.2 Å². The van der Waals surface area contributed by atoms with Gasteiger partial charge in [0.1, 0.15) is 13.2 Å². The van der Waals surface area contributed by atoms with Crippen LogP contribution in [0.3, 0.4) is 0 Å². The highest BCUT2D eigenvalue weighted by Gasteiger charge is 2.19. The van der Waals surface area contributed by atoms with Crippen molar-refractivity contribution in [1.29, 1.82) is 0 Å². The Hall–Kier alpha value is -2.37. The number of unbranched alkanes of at least 4 members (excludes halogenated alkanes) is 45. The van der Waals surface area contributed by atoms with Gasteiger partial charge in [0, 0.05) is 19.3 Å². The second kappa shape index (κ2) is 64.2. The zero-order chi connectivity index (χ0) is 54.3. The molecule has 0 N–H and O–H groups in total. The first kappa shape index (κ1) is 72.6. The fourth-order valence-electron chi connectivity index (χ4n) is 10.1. The van der Waals surface area contributed by atoms with Gasteiger partial charge in [-0.15, -0.1) is 0 Å². The molecule has 0 aliphatic heterocycles. The molecule has 0 aromatic heterocycles. The Bertz CT molecular complexity index is 1250. The molecule has 0 bridgehead atoms. The molecule has 0 radical (unpaired) electrons. The van der Waals surface area contributed by atoms with Gasteiger partial charge in [0.15, 0.2) is 6.10 Å². The van der Waals surface area contributed by atoms with Gasteiger partial charge in [-0.2, -0.15) is 0 Å². The summed E-state index contributed by atoms with van der Waals surface area (Å²) in [6, 6.07) is 0. The fourth-order valence-corrected chi connectivity index (χ4v) is 10.1. The first-order valence-corrected chi connectivity index (χ1v) is 33.5. The van der Waals surface area contributed by atoms with Crippen molar-refractivity contribution in [2.24, 2.45) is 0 Å². The minimum atomic E-state index is -0.775. The van der Waals surface area contributed by atoms with Crippen molar-refractivity contribution in [3.63, 3.8) is 0 Å². The Morgan fingerprint density at radius 2 is 0.480 bits per heavy atom. The lowest BCUT2D eigenvalue weighted by molar-refractivity contribution is -0.167. The molecule has 0 amide bonds. The van der Waals surface area contributed by atoms with Crippen LogP contribution >= 0.6 is 0 Å². The van der Waals surface area contributed by atoms with Gasteiger partial charge in [-0.05, 0) is 77.0 Å². The predicted molar refractivity (Wildman–Crippen MR) is 326 cm³/mol. The maximum absolute atomic E-state index is 12.9. The number of ether oxygens (including phenoxy) is 3. The Morgan fingerprint density at radius 3 is 0.747 bits per heavy atom. The molecular weight excluding hydrogens is 925 g/mol. The van der Waals surface area contributed by atoms with E-state index >= 15 is 0 Å². The van der Waals surface area contributed by atoms with Crippen LogP contribution in [-0.2, 0) is 28.6 Å². The van der Waals surface area contributed by atoms with Gasteiger partial charge in [0.05, 0.1) is 0 Å². The molecule has 0 aromatic carbocycles. The number of allylic oxidation sites excluding steroid dienone is 6. The molecule has 75 heavy (non-hydrogen) atoms. The van der Waals surface area contributed by atoms with Crippen LogP contribution in [0.1, 0.15) is 367 Å². The highest BCUT2D eigenvalue weighted by Crippen LogP contribution is 2.18. The number of carbonyl (C=O) groups is 3. The Morgan fingerprint density at radius 1 is 0.267 bits per heavy atom. The third kappa shape index (κ3) is 62.4. The molecule has 0 aliphatic carbocycles. The van der Waals surface area contributed by atoms with E-state index in [-0.39, 0.29) is 31.1 Å². The van der Waals surface area contributed by atoms with Crippen LogP contribution in [0.15, 0.2) is 36.5 Å². The Kier molecular flexibility index (Phi) is 62.1. The average molecular weight is 1050 g/mol. The molecule has 0 saturated heterocycles. The summed E-state index contributed by atoms with van der Waals surface area (Å²) in [7, 11) is 0. The number of hydrogen-bond donors (Lipinski definition) is 0. The topological polar surface area (TPSA) is 78.9 Å². The van der Waals surface area contributed by atoms with Crippen LogP contribution < -0.4 is 0 Å². The normalized spacial score (nSPS) is 12.2. The first-order chi connectivity index (χ1) is 37.0. The van der Waals surface area contributed by atoms with E-state index in [0.717, 1.165) is 64.2 Å². The van der Waals surface area contributed by atoms with Crippen molar-refractivity contribution in [3.05, 3.63) is 36.5 Å². The van der Waals surface area contributed by atoms with Crippen molar-refractivity contribution in [2.75, 3.05) is 13.2 Å². The van der Waals surface area contributed by atoms with Crippen molar-refractivity contribution in [3.8, 4) is 0 Å². The maximum Gasteiger partial charge on any atom is 0.306 e. The monoisotopic (exact) mass is 1050 g/mol. The van der Waals surface area contributed by atoms with E-state index in [4.69, 9.17) is 14.2 Å². The largest absolute Gasteiger partial charge is 0.462 e. The quantitative estimate of drug-likeness (QED) is 0.0261. The molecule has 440 valence electrons. The number of carbonyl (C=O) groups excluding carboxylic acids is 3. The van der Waals surface area contributed by atoms with E-state index in [1.165, 1.54) is 263 Å². The first-order valence-electron chi connectivity index (χ1n) is 33.5. The molecule has 0 saturated carbocycles. The summed E-state index contributed by atoms with van der Waals surface area (Å²) in [5.41, 5.74) is 0. The minimum Gasteiger partial charge on any atom is -0.462 e. The van der Waals surface area contributed by atoms with Gasteiger partial charge in [-0.25, -0.2) is 0 Å². The highest BCUT2D eigenvalue weighted by molar-refractivity contribution is 5.71. The van der Waals surface area contributed by atoms with E-state index < -0.39 is 6.10 Å². The third-order valence-corrected chi connectivity index (χ3v) is 15.1. The summed E-state index contributed by atoms with van der Waals surface area (Å²) in [6.45, 7) is 6.69. The summed E-state index contributed by atoms with van der Waals surface area (Å²) < 4.78 is 17.0. The van der Waals surface area contributed by atoms with Crippen LogP contribution in [0.5, 0.6) is 0 Å². The molecule has 1 atom stereocenters. The van der Waals surface area contributed by atoms with E-state index in [0.29, 0.717) is 19.3 Å². The van der Waals surface area contributed by atoms with Gasteiger partial charge in [-0.1, -0.05) is 308 Å². The highest BCUT2D eigenvalue weighted by atomic mass is 16.6. The third-order valence-electron chi connectivity index (χ3n) is 15.1. The molecule has 0 rings (SSSR count). The van der Waals surface area contributed by atoms with Crippen LogP contribution in [0.4, 0.5) is 0 Å². The average Bonchev–Trinajstić information content (AvgIpc) is 3.41. The van der Waals surface area contributed by atoms with Gasteiger partial charge in [0.2, 0.25) is 0 Å². The van der Waals surface area contributed by atoms with Gasteiger partial charge < -0.3 is 14.2 Å². The van der Waals surface area contributed by atoms with Crippen LogP contribution in [0, 0.1) is 0 Å². The van der Waals surface area contributed by atoms with E-state index in [9.17, 15) is 14.4 Å². The molecule has 6 nitrogen and oxygen atoms in total. The van der Waals surface area contributed by atoms with Crippen molar-refractivity contribution in [1.82, 2.24) is 0 Å². The van der Waals surface area contributed by atoms with Gasteiger partial charge in [0.25, 0.3) is 0 Å². The van der Waals surface area contributed by atoms with E-state index in [1.54, 1.807) is 0 Å². The lowest BCUT2D eigenvalue weighted by atomic mass is 10.0. The zero-order valence-electron chi connectivity index (χ0n) is 50.6. The molecule has 1 unspecified atom stereocenters. The lowest BCUT2D eigenvalue weighted by Crippen LogP contribution is -2.30. The summed E-state index contributed by atoms with van der Waals surface area (Å²) >= 11 is 0. The standard InChI is InChI=1S/C69H128O6/c1-4-7-10-13-16-19-22-25-28-31-34-35-36-39-41-44-47-50-53-56-59-62-68(71)74-65-66(75-69(72)63-60-57-54-51-48-45-42-38-33-30-27-24-21-18-15-12-9-6-3)64-73-67(70)61-58-55-52-49-46-43-40-37-32-29-26-23-20-17-14-11-8-5-2/h22,25,30-31,33-34,66H,4-21,23-24,26-29,32,35-65H2,1-3H3/b25-22-,33-30-,34-31-.